The molecule has 8 rings (SSSR count). The van der Waals surface area contributed by atoms with Gasteiger partial charge in [-0.05, 0) is 100 Å². The van der Waals surface area contributed by atoms with Gasteiger partial charge in [0.15, 0.2) is 0 Å². The molecule has 2 fully saturated rings. The predicted octanol–water partition coefficient (Wildman–Crippen LogP) is 5.29. The highest BCUT2D eigenvalue weighted by Crippen LogP contribution is 2.34. The van der Waals surface area contributed by atoms with Crippen molar-refractivity contribution in [3.63, 3.8) is 0 Å². The molecule has 0 radical (unpaired) electrons. The Bertz CT molecular complexity index is 1500. The molecule has 0 bridgehead atoms. The van der Waals surface area contributed by atoms with Gasteiger partial charge in [-0.25, -0.2) is 0 Å². The monoisotopic (exact) mass is 664 g/mol. The van der Waals surface area contributed by atoms with Gasteiger partial charge < -0.3 is 40.2 Å². The fourth-order valence-electron chi connectivity index (χ4n) is 7.82. The Labute approximate surface area is 283 Å². The highest BCUT2D eigenvalue weighted by molar-refractivity contribution is 6.31. The number of hydrogen-bond acceptors (Lipinski definition) is 6. The third kappa shape index (κ3) is 7.30. The smallest absolute Gasteiger partial charge is 0.0488 e. The van der Waals surface area contributed by atoms with Crippen molar-refractivity contribution >= 4 is 45.0 Å². The Morgan fingerprint density at radius 1 is 0.609 bits per heavy atom. The Hall–Kier alpha value is -2.14. The van der Waals surface area contributed by atoms with Crippen LogP contribution in [0.3, 0.4) is 0 Å². The molecular weight excluding hydrogens is 615 g/mol. The van der Waals surface area contributed by atoms with Gasteiger partial charge in [0.25, 0.3) is 0 Å². The van der Waals surface area contributed by atoms with Crippen molar-refractivity contribution in [3.05, 3.63) is 69.0 Å². The number of piperazine rings is 2. The Kier molecular flexibility index (Phi) is 10.2. The number of H-pyrrole nitrogens is 2. The zero-order valence-electron chi connectivity index (χ0n) is 27.5. The van der Waals surface area contributed by atoms with Crippen LogP contribution >= 0.6 is 23.2 Å². The molecule has 4 aliphatic heterocycles. The first kappa shape index (κ1) is 32.4. The first-order chi connectivity index (χ1) is 22.4. The summed E-state index contributed by atoms with van der Waals surface area (Å²) < 4.78 is 0. The van der Waals surface area contributed by atoms with E-state index in [1.807, 2.05) is 12.1 Å². The summed E-state index contributed by atoms with van der Waals surface area (Å²) in [6.45, 7) is 14.0. The molecule has 4 aromatic rings. The second-order valence-corrected chi connectivity index (χ2v) is 14.7. The molecule has 4 N–H and O–H groups in total. The molecule has 0 saturated carbocycles. The van der Waals surface area contributed by atoms with Crippen LogP contribution in [0.4, 0.5) is 0 Å². The second-order valence-electron chi connectivity index (χ2n) is 13.8. The largest absolute Gasteiger partial charge is 0.357 e. The van der Waals surface area contributed by atoms with Crippen molar-refractivity contribution in [1.29, 1.82) is 0 Å². The van der Waals surface area contributed by atoms with E-state index in [1.54, 1.807) is 0 Å². The summed E-state index contributed by atoms with van der Waals surface area (Å²) in [5, 5.41) is 11.7. The first-order valence-corrected chi connectivity index (χ1v) is 18.1. The van der Waals surface area contributed by atoms with Crippen LogP contribution in [0.5, 0.6) is 0 Å². The van der Waals surface area contributed by atoms with Gasteiger partial charge in [0.1, 0.15) is 0 Å². The van der Waals surface area contributed by atoms with E-state index in [0.717, 1.165) is 48.8 Å². The summed E-state index contributed by atoms with van der Waals surface area (Å²) in [6, 6.07) is 13.2. The predicted molar refractivity (Wildman–Crippen MR) is 193 cm³/mol. The van der Waals surface area contributed by atoms with Crippen molar-refractivity contribution < 1.29 is 0 Å². The molecule has 10 heteroatoms. The number of aromatic nitrogens is 2. The minimum absolute atomic E-state index is 0.435. The lowest BCUT2D eigenvalue weighted by atomic mass is 9.97. The number of halogens is 2. The van der Waals surface area contributed by atoms with Crippen LogP contribution in [0, 0.1) is 0 Å². The Morgan fingerprint density at radius 3 is 1.43 bits per heavy atom. The van der Waals surface area contributed by atoms with Crippen molar-refractivity contribution in [2.24, 2.45) is 0 Å². The van der Waals surface area contributed by atoms with Crippen LogP contribution in [0.15, 0.2) is 36.4 Å². The van der Waals surface area contributed by atoms with Crippen molar-refractivity contribution in [2.45, 2.75) is 37.8 Å². The van der Waals surface area contributed by atoms with Crippen molar-refractivity contribution in [2.75, 3.05) is 92.6 Å². The topological polar surface area (TPSA) is 68.6 Å². The Balaban J connectivity index is 0.000000147. The number of nitrogens with zero attached hydrogens (tertiary/aromatic N) is 4. The number of nitrogens with one attached hydrogen (secondary N) is 4. The fourth-order valence-corrected chi connectivity index (χ4v) is 8.17. The molecule has 2 aromatic carbocycles. The van der Waals surface area contributed by atoms with Gasteiger partial charge in [-0.2, -0.15) is 0 Å². The molecule has 248 valence electrons. The summed E-state index contributed by atoms with van der Waals surface area (Å²) in [4.78, 5) is 17.3. The first-order valence-electron chi connectivity index (χ1n) is 17.3. The summed E-state index contributed by atoms with van der Waals surface area (Å²) >= 11 is 12.4. The maximum absolute atomic E-state index is 6.19. The molecule has 2 atom stereocenters. The summed E-state index contributed by atoms with van der Waals surface area (Å²) in [5.74, 6) is 0. The van der Waals surface area contributed by atoms with E-state index < -0.39 is 0 Å². The zero-order chi connectivity index (χ0) is 31.6. The standard InChI is InChI=1S/2C18H25ClN4/c2*1-22-8-10-23(11-9-22)7-5-17-18-14(4-6-20-17)15-12-13(19)2-3-16(15)21-18/h2*2-3,12,17,20-21H,4-11H2,1H3/t2*17-/m10/s1. The number of hydrogen-bond donors (Lipinski definition) is 4. The number of likely N-dealkylation sites (N-methyl/N-ethyl adjacent to an activating group) is 2. The molecule has 6 heterocycles. The van der Waals surface area contributed by atoms with E-state index in [0.29, 0.717) is 12.1 Å². The maximum atomic E-state index is 6.19. The number of fused-ring (bicyclic) bond motifs is 6. The molecule has 46 heavy (non-hydrogen) atoms. The molecule has 2 saturated heterocycles. The SMILES string of the molecule is CN1CCN(CC[C@@H]2NCCc3c2[nH]c2ccc(Cl)cc32)CC1.CN1CCN(CC[C@H]2NCCc3c2[nH]c2ccc(Cl)cc32)CC1. The van der Waals surface area contributed by atoms with E-state index in [-0.39, 0.29) is 0 Å². The van der Waals surface area contributed by atoms with Crippen LogP contribution < -0.4 is 10.6 Å². The average Bonchev–Trinajstić information content (AvgIpc) is 3.63. The van der Waals surface area contributed by atoms with Gasteiger partial charge >= 0.3 is 0 Å². The van der Waals surface area contributed by atoms with E-state index in [4.69, 9.17) is 23.2 Å². The Morgan fingerprint density at radius 2 is 1.02 bits per heavy atom. The van der Waals surface area contributed by atoms with Gasteiger partial charge in [0.2, 0.25) is 0 Å². The van der Waals surface area contributed by atoms with E-state index in [2.05, 4.69) is 78.6 Å². The summed E-state index contributed by atoms with van der Waals surface area (Å²) in [7, 11) is 4.42. The van der Waals surface area contributed by atoms with Gasteiger partial charge in [-0.3, -0.25) is 0 Å². The van der Waals surface area contributed by atoms with Gasteiger partial charge in [0, 0.05) is 121 Å². The number of benzene rings is 2. The highest BCUT2D eigenvalue weighted by atomic mass is 35.5. The van der Waals surface area contributed by atoms with Crippen molar-refractivity contribution in [1.82, 2.24) is 40.2 Å². The average molecular weight is 666 g/mol. The normalized spacial score (nSPS) is 23.3. The van der Waals surface area contributed by atoms with E-state index in [9.17, 15) is 0 Å². The van der Waals surface area contributed by atoms with Crippen LogP contribution in [-0.2, 0) is 12.8 Å². The third-order valence-electron chi connectivity index (χ3n) is 10.7. The highest BCUT2D eigenvalue weighted by Gasteiger charge is 2.26. The molecule has 0 amide bonds. The molecular formula is C36H50Cl2N8. The lowest BCUT2D eigenvalue weighted by Crippen LogP contribution is -2.45. The van der Waals surface area contributed by atoms with Crippen LogP contribution in [0.2, 0.25) is 10.0 Å². The van der Waals surface area contributed by atoms with Gasteiger partial charge in [-0.15, -0.1) is 0 Å². The lowest BCUT2D eigenvalue weighted by molar-refractivity contribution is 0.148. The quantitative estimate of drug-likeness (QED) is 0.225. The molecule has 0 spiro atoms. The van der Waals surface area contributed by atoms with Crippen molar-refractivity contribution in [3.8, 4) is 0 Å². The van der Waals surface area contributed by atoms with Crippen LogP contribution in [0.25, 0.3) is 21.8 Å². The molecule has 8 nitrogen and oxygen atoms in total. The van der Waals surface area contributed by atoms with E-state index >= 15 is 0 Å². The van der Waals surface area contributed by atoms with Gasteiger partial charge in [-0.1, -0.05) is 23.2 Å². The zero-order valence-corrected chi connectivity index (χ0v) is 29.0. The number of aromatic amines is 2. The van der Waals surface area contributed by atoms with Crippen LogP contribution in [-0.4, -0.2) is 122 Å². The summed E-state index contributed by atoms with van der Waals surface area (Å²) in [6.07, 6.45) is 4.50. The molecule has 0 unspecified atom stereocenters. The van der Waals surface area contributed by atoms with E-state index in [1.165, 1.54) is 110 Å². The summed E-state index contributed by atoms with van der Waals surface area (Å²) in [5.41, 5.74) is 8.11. The van der Waals surface area contributed by atoms with Gasteiger partial charge in [0.05, 0.1) is 0 Å². The minimum Gasteiger partial charge on any atom is -0.357 e. The third-order valence-corrected chi connectivity index (χ3v) is 11.2. The number of rotatable bonds is 6. The second kappa shape index (κ2) is 14.5. The molecule has 4 aliphatic rings. The maximum Gasteiger partial charge on any atom is 0.0488 e. The minimum atomic E-state index is 0.435. The van der Waals surface area contributed by atoms with Crippen LogP contribution in [0.1, 0.15) is 47.4 Å². The molecule has 0 aliphatic carbocycles. The molecule has 2 aromatic heterocycles. The fraction of sp³-hybridized carbons (Fsp3) is 0.556. The lowest BCUT2D eigenvalue weighted by Gasteiger charge is -2.34.